The summed E-state index contributed by atoms with van der Waals surface area (Å²) in [5.41, 5.74) is -1.88. The maximum Gasteiger partial charge on any atom is 0.306 e. The number of benzene rings is 1. The van der Waals surface area contributed by atoms with Crippen LogP contribution in [0.15, 0.2) is 18.7 Å². The lowest BCUT2D eigenvalue weighted by molar-refractivity contribution is -0.155. The van der Waals surface area contributed by atoms with E-state index in [4.69, 9.17) is 4.74 Å². The predicted octanol–water partition coefficient (Wildman–Crippen LogP) is 5.27. The first kappa shape index (κ1) is 27.5. The first-order valence-electron chi connectivity index (χ1n) is 11.4. The Labute approximate surface area is 196 Å². The van der Waals surface area contributed by atoms with E-state index in [0.717, 1.165) is 18.9 Å². The summed E-state index contributed by atoms with van der Waals surface area (Å²) in [6, 6.07) is -0.229. The van der Waals surface area contributed by atoms with Crippen molar-refractivity contribution in [1.82, 2.24) is 5.32 Å². The number of halogens is 4. The van der Waals surface area contributed by atoms with Crippen LogP contribution in [0.2, 0.25) is 0 Å². The summed E-state index contributed by atoms with van der Waals surface area (Å²) in [5, 5.41) is 2.67. The number of carbonyl (C=O) groups excluding carboxylic acids is 3. The van der Waals surface area contributed by atoms with Crippen molar-refractivity contribution in [1.29, 1.82) is 0 Å². The molecular weight excluding hydrogens is 454 g/mol. The molecule has 1 fully saturated rings. The molecule has 0 bridgehead atoms. The van der Waals surface area contributed by atoms with Crippen molar-refractivity contribution in [3.63, 3.8) is 0 Å². The summed E-state index contributed by atoms with van der Waals surface area (Å²) in [6.45, 7) is 8.43. The fraction of sp³-hybridized carbons (Fsp3) is 0.560. The minimum Gasteiger partial charge on any atom is -0.460 e. The molecule has 1 aromatic carbocycles. The fourth-order valence-electron chi connectivity index (χ4n) is 4.22. The van der Waals surface area contributed by atoms with E-state index in [0.29, 0.717) is 12.8 Å². The number of hydrogen-bond acceptors (Lipinski definition) is 4. The SMILES string of the molecule is C=CC(=O)C(CCCC(=O)OC(C)(C)C)C(C(=O)NC1CCCC1)c1c(F)c(F)cc(F)c1F. The van der Waals surface area contributed by atoms with Gasteiger partial charge >= 0.3 is 5.97 Å². The van der Waals surface area contributed by atoms with Crippen LogP contribution in [0, 0.1) is 29.2 Å². The molecular formula is C25H31F4NO4. The number of hydrogen-bond donors (Lipinski definition) is 1. The Morgan fingerprint density at radius 2 is 1.68 bits per heavy atom. The molecule has 0 spiro atoms. The van der Waals surface area contributed by atoms with E-state index in [9.17, 15) is 31.9 Å². The number of esters is 1. The molecule has 0 aromatic heterocycles. The molecule has 0 heterocycles. The first-order valence-corrected chi connectivity index (χ1v) is 11.4. The zero-order valence-corrected chi connectivity index (χ0v) is 19.7. The Hall–Kier alpha value is -2.71. The Morgan fingerprint density at radius 3 is 2.18 bits per heavy atom. The van der Waals surface area contributed by atoms with Crippen molar-refractivity contribution < 1.29 is 36.7 Å². The molecule has 1 amide bonds. The average Bonchev–Trinajstić information content (AvgIpc) is 3.24. The highest BCUT2D eigenvalue weighted by molar-refractivity contribution is 5.97. The molecule has 9 heteroatoms. The monoisotopic (exact) mass is 485 g/mol. The normalized spacial score (nSPS) is 16.1. The summed E-state index contributed by atoms with van der Waals surface area (Å²) in [4.78, 5) is 38.0. The van der Waals surface area contributed by atoms with Gasteiger partial charge in [0.15, 0.2) is 29.1 Å². The van der Waals surface area contributed by atoms with Crippen LogP contribution in [0.25, 0.3) is 0 Å². The summed E-state index contributed by atoms with van der Waals surface area (Å²) >= 11 is 0. The Kier molecular flexibility index (Phi) is 9.41. The lowest BCUT2D eigenvalue weighted by Crippen LogP contribution is -2.41. The molecule has 1 aromatic rings. The van der Waals surface area contributed by atoms with Gasteiger partial charge in [-0.05, 0) is 52.5 Å². The van der Waals surface area contributed by atoms with Gasteiger partial charge in [-0.3, -0.25) is 14.4 Å². The van der Waals surface area contributed by atoms with Crippen LogP contribution in [0.5, 0.6) is 0 Å². The van der Waals surface area contributed by atoms with Crippen molar-refractivity contribution in [2.24, 2.45) is 5.92 Å². The van der Waals surface area contributed by atoms with Gasteiger partial charge in [0, 0.05) is 30.0 Å². The van der Waals surface area contributed by atoms with Crippen LogP contribution in [0.1, 0.15) is 77.2 Å². The molecule has 188 valence electrons. The lowest BCUT2D eigenvalue weighted by Gasteiger charge is -2.27. The van der Waals surface area contributed by atoms with E-state index < -0.39 is 63.9 Å². The third-order valence-corrected chi connectivity index (χ3v) is 5.73. The molecule has 2 atom stereocenters. The first-order chi connectivity index (χ1) is 15.9. The van der Waals surface area contributed by atoms with E-state index in [1.54, 1.807) is 20.8 Å². The number of allylic oxidation sites excluding steroid dienone is 1. The Bertz CT molecular complexity index is 910. The molecule has 34 heavy (non-hydrogen) atoms. The quantitative estimate of drug-likeness (QED) is 0.212. The zero-order chi connectivity index (χ0) is 25.6. The van der Waals surface area contributed by atoms with Crippen LogP contribution in [-0.4, -0.2) is 29.3 Å². The van der Waals surface area contributed by atoms with Crippen LogP contribution < -0.4 is 5.32 Å². The van der Waals surface area contributed by atoms with Crippen molar-refractivity contribution in [2.45, 2.75) is 83.3 Å². The number of rotatable bonds is 10. The van der Waals surface area contributed by atoms with E-state index >= 15 is 0 Å². The highest BCUT2D eigenvalue weighted by atomic mass is 19.2. The second-order valence-corrected chi connectivity index (χ2v) is 9.54. The maximum absolute atomic E-state index is 14.8. The molecule has 1 aliphatic carbocycles. The number of ether oxygens (including phenoxy) is 1. The highest BCUT2D eigenvalue weighted by Gasteiger charge is 2.40. The van der Waals surface area contributed by atoms with E-state index in [1.165, 1.54) is 0 Å². The molecule has 1 saturated carbocycles. The third-order valence-electron chi connectivity index (χ3n) is 5.73. The molecule has 0 saturated heterocycles. The van der Waals surface area contributed by atoms with Crippen LogP contribution >= 0.6 is 0 Å². The van der Waals surface area contributed by atoms with Gasteiger partial charge in [-0.25, -0.2) is 17.6 Å². The van der Waals surface area contributed by atoms with Gasteiger partial charge in [0.25, 0.3) is 0 Å². The number of nitrogens with one attached hydrogen (secondary N) is 1. The van der Waals surface area contributed by atoms with Gasteiger partial charge in [-0.2, -0.15) is 0 Å². The maximum atomic E-state index is 14.8. The van der Waals surface area contributed by atoms with Crippen molar-refractivity contribution in [3.8, 4) is 0 Å². The van der Waals surface area contributed by atoms with E-state index in [2.05, 4.69) is 11.9 Å². The van der Waals surface area contributed by atoms with Gasteiger partial charge < -0.3 is 10.1 Å². The van der Waals surface area contributed by atoms with Gasteiger partial charge in [0.1, 0.15) is 5.60 Å². The van der Waals surface area contributed by atoms with Gasteiger partial charge in [-0.15, -0.1) is 0 Å². The number of ketones is 1. The van der Waals surface area contributed by atoms with Gasteiger partial charge in [0.2, 0.25) is 5.91 Å². The Morgan fingerprint density at radius 1 is 1.12 bits per heavy atom. The lowest BCUT2D eigenvalue weighted by atomic mass is 9.78. The van der Waals surface area contributed by atoms with E-state index in [-0.39, 0.29) is 31.4 Å². The molecule has 1 aliphatic rings. The van der Waals surface area contributed by atoms with Gasteiger partial charge in [-0.1, -0.05) is 19.4 Å². The van der Waals surface area contributed by atoms with E-state index in [1.807, 2.05) is 0 Å². The van der Waals surface area contributed by atoms with Crippen molar-refractivity contribution in [3.05, 3.63) is 47.6 Å². The minimum atomic E-state index is -1.85. The van der Waals surface area contributed by atoms with Crippen molar-refractivity contribution >= 4 is 17.7 Å². The highest BCUT2D eigenvalue weighted by Crippen LogP contribution is 2.36. The number of carbonyl (C=O) groups is 3. The molecule has 2 rings (SSSR count). The fourth-order valence-corrected chi connectivity index (χ4v) is 4.22. The molecule has 0 aliphatic heterocycles. The molecule has 5 nitrogen and oxygen atoms in total. The average molecular weight is 486 g/mol. The second-order valence-electron chi connectivity index (χ2n) is 9.54. The second kappa shape index (κ2) is 11.6. The largest absolute Gasteiger partial charge is 0.460 e. The van der Waals surface area contributed by atoms with Crippen molar-refractivity contribution in [2.75, 3.05) is 0 Å². The van der Waals surface area contributed by atoms with Crippen LogP contribution in [0.4, 0.5) is 17.6 Å². The van der Waals surface area contributed by atoms with Gasteiger partial charge in [0.05, 0.1) is 5.92 Å². The molecule has 0 radical (unpaired) electrons. The Balaban J connectivity index is 2.42. The summed E-state index contributed by atoms with van der Waals surface area (Å²) < 4.78 is 62.8. The number of amides is 1. The molecule has 1 N–H and O–H groups in total. The minimum absolute atomic E-state index is 0.0351. The van der Waals surface area contributed by atoms with Crippen LogP contribution in [-0.2, 0) is 19.1 Å². The molecule has 2 unspecified atom stereocenters. The standard InChI is InChI=1S/C25H31F4NO4/c1-5-18(31)15(11-8-12-19(32)34-25(2,3)4)20(24(33)30-14-9-6-7-10-14)21-22(28)16(26)13-17(27)23(21)29/h5,13-15,20H,1,6-12H2,2-4H3,(H,30,33). The zero-order valence-electron chi connectivity index (χ0n) is 19.7. The van der Waals surface area contributed by atoms with Crippen LogP contribution in [0.3, 0.4) is 0 Å². The summed E-state index contributed by atoms with van der Waals surface area (Å²) in [5.74, 6) is -12.3. The topological polar surface area (TPSA) is 72.5 Å². The smallest absolute Gasteiger partial charge is 0.306 e. The predicted molar refractivity (Wildman–Crippen MR) is 118 cm³/mol. The summed E-state index contributed by atoms with van der Waals surface area (Å²) in [7, 11) is 0. The summed E-state index contributed by atoms with van der Waals surface area (Å²) in [6.07, 6.45) is 3.60. The third kappa shape index (κ3) is 7.14.